The number of halogens is 2. The Bertz CT molecular complexity index is 782. The molecule has 1 aromatic carbocycles. The van der Waals surface area contributed by atoms with Crippen LogP contribution < -0.4 is 5.32 Å². The molecule has 2 atom stereocenters. The summed E-state index contributed by atoms with van der Waals surface area (Å²) < 4.78 is 32.5. The Morgan fingerprint density at radius 3 is 2.74 bits per heavy atom. The van der Waals surface area contributed by atoms with Crippen molar-refractivity contribution in [3.05, 3.63) is 33.8 Å². The summed E-state index contributed by atoms with van der Waals surface area (Å²) in [4.78, 5) is 12.4. The highest BCUT2D eigenvalue weighted by Crippen LogP contribution is 2.26. The van der Waals surface area contributed by atoms with Crippen molar-refractivity contribution in [2.75, 3.05) is 26.2 Å². The number of carbonyl (C=O) groups excluding carboxylic acids is 1. The van der Waals surface area contributed by atoms with Gasteiger partial charge < -0.3 is 10.1 Å². The van der Waals surface area contributed by atoms with Crippen molar-refractivity contribution >= 4 is 39.1 Å². The third-order valence-corrected chi connectivity index (χ3v) is 7.56. The molecule has 0 unspecified atom stereocenters. The Labute approximate surface area is 170 Å². The SMILES string of the molecule is O=C(NC[C@@H]1CCCO1)[C@H]1CCCN(S(=O)(=O)Cc2ccc(Cl)c(Cl)c2)C1. The zero-order valence-electron chi connectivity index (χ0n) is 15.0. The Balaban J connectivity index is 1.58. The molecule has 2 aliphatic rings. The molecule has 0 radical (unpaired) electrons. The van der Waals surface area contributed by atoms with Crippen molar-refractivity contribution < 1.29 is 17.9 Å². The van der Waals surface area contributed by atoms with E-state index >= 15 is 0 Å². The van der Waals surface area contributed by atoms with Crippen LogP contribution in [-0.4, -0.2) is 51.0 Å². The molecule has 150 valence electrons. The van der Waals surface area contributed by atoms with Crippen LogP contribution in [0.25, 0.3) is 0 Å². The number of nitrogens with zero attached hydrogens (tertiary/aromatic N) is 1. The largest absolute Gasteiger partial charge is 0.376 e. The standard InChI is InChI=1S/C18H24Cl2N2O4S/c19-16-6-5-13(9-17(16)20)12-27(24,25)22-7-1-3-14(11-22)18(23)21-10-15-4-2-8-26-15/h5-6,9,14-15H,1-4,7-8,10-12H2,(H,21,23)/t14-,15-/m0/s1. The van der Waals surface area contributed by atoms with Gasteiger partial charge in [0.05, 0.1) is 27.8 Å². The minimum Gasteiger partial charge on any atom is -0.376 e. The van der Waals surface area contributed by atoms with Gasteiger partial charge in [-0.1, -0.05) is 29.3 Å². The molecule has 1 aromatic rings. The van der Waals surface area contributed by atoms with Gasteiger partial charge in [-0.15, -0.1) is 0 Å². The molecule has 2 fully saturated rings. The first kappa shape index (κ1) is 20.9. The fourth-order valence-electron chi connectivity index (χ4n) is 3.50. The normalized spacial score (nSPS) is 24.1. The summed E-state index contributed by atoms with van der Waals surface area (Å²) in [7, 11) is -3.54. The molecular formula is C18H24Cl2N2O4S. The van der Waals surface area contributed by atoms with Gasteiger partial charge in [-0.2, -0.15) is 0 Å². The Morgan fingerprint density at radius 2 is 2.04 bits per heavy atom. The molecule has 2 aliphatic heterocycles. The topological polar surface area (TPSA) is 75.7 Å². The van der Waals surface area contributed by atoms with E-state index in [0.717, 1.165) is 19.4 Å². The number of amides is 1. The summed E-state index contributed by atoms with van der Waals surface area (Å²) in [5.74, 6) is -0.586. The summed E-state index contributed by atoms with van der Waals surface area (Å²) in [6.45, 7) is 1.87. The highest BCUT2D eigenvalue weighted by Gasteiger charge is 2.32. The van der Waals surface area contributed by atoms with Crippen molar-refractivity contribution in [3.8, 4) is 0 Å². The lowest BCUT2D eigenvalue weighted by Crippen LogP contribution is -2.46. The smallest absolute Gasteiger partial charge is 0.224 e. The number of rotatable bonds is 6. The molecule has 2 heterocycles. The second-order valence-corrected chi connectivity index (χ2v) is 9.87. The number of benzene rings is 1. The lowest BCUT2D eigenvalue weighted by molar-refractivity contribution is -0.126. The summed E-state index contributed by atoms with van der Waals surface area (Å²) in [5.41, 5.74) is 0.578. The summed E-state index contributed by atoms with van der Waals surface area (Å²) in [6, 6.07) is 4.81. The highest BCUT2D eigenvalue weighted by atomic mass is 35.5. The van der Waals surface area contributed by atoms with Gasteiger partial charge in [0.1, 0.15) is 0 Å². The maximum absolute atomic E-state index is 12.8. The first-order chi connectivity index (χ1) is 12.8. The average Bonchev–Trinajstić information content (AvgIpc) is 3.16. The highest BCUT2D eigenvalue weighted by molar-refractivity contribution is 7.88. The van der Waals surface area contributed by atoms with Crippen LogP contribution in [0.15, 0.2) is 18.2 Å². The minimum atomic E-state index is -3.54. The van der Waals surface area contributed by atoms with E-state index < -0.39 is 10.0 Å². The molecule has 27 heavy (non-hydrogen) atoms. The average molecular weight is 435 g/mol. The van der Waals surface area contributed by atoms with E-state index in [4.69, 9.17) is 27.9 Å². The van der Waals surface area contributed by atoms with Crippen molar-refractivity contribution in [2.45, 2.75) is 37.5 Å². The van der Waals surface area contributed by atoms with Crippen molar-refractivity contribution in [1.29, 1.82) is 0 Å². The minimum absolute atomic E-state index is 0.0760. The number of hydrogen-bond acceptors (Lipinski definition) is 4. The predicted molar refractivity (Wildman–Crippen MR) is 105 cm³/mol. The van der Waals surface area contributed by atoms with E-state index in [1.54, 1.807) is 18.2 Å². The maximum atomic E-state index is 12.8. The number of hydrogen-bond donors (Lipinski definition) is 1. The van der Waals surface area contributed by atoms with Crippen LogP contribution in [0.4, 0.5) is 0 Å². The van der Waals surface area contributed by atoms with Gasteiger partial charge in [0, 0.05) is 26.2 Å². The van der Waals surface area contributed by atoms with E-state index in [0.29, 0.717) is 41.5 Å². The second kappa shape index (κ2) is 9.09. The van der Waals surface area contributed by atoms with E-state index in [9.17, 15) is 13.2 Å². The zero-order valence-corrected chi connectivity index (χ0v) is 17.3. The number of piperidine rings is 1. The van der Waals surface area contributed by atoms with E-state index in [1.165, 1.54) is 4.31 Å². The molecule has 3 rings (SSSR count). The Kier molecular flexibility index (Phi) is 7.03. The van der Waals surface area contributed by atoms with Crippen molar-refractivity contribution in [2.24, 2.45) is 5.92 Å². The van der Waals surface area contributed by atoms with E-state index in [2.05, 4.69) is 5.32 Å². The second-order valence-electron chi connectivity index (χ2n) is 7.08. The fraction of sp³-hybridized carbons (Fsp3) is 0.611. The van der Waals surface area contributed by atoms with Crippen molar-refractivity contribution in [3.63, 3.8) is 0 Å². The zero-order chi connectivity index (χ0) is 19.4. The summed E-state index contributed by atoms with van der Waals surface area (Å²) >= 11 is 11.9. The Morgan fingerprint density at radius 1 is 1.22 bits per heavy atom. The van der Waals surface area contributed by atoms with Gasteiger partial charge in [0.15, 0.2) is 0 Å². The molecule has 6 nitrogen and oxygen atoms in total. The third kappa shape index (κ3) is 5.57. The van der Waals surface area contributed by atoms with Gasteiger partial charge in [-0.25, -0.2) is 12.7 Å². The molecule has 1 N–H and O–H groups in total. The van der Waals surface area contributed by atoms with Crippen LogP contribution in [-0.2, 0) is 25.3 Å². The molecular weight excluding hydrogens is 411 g/mol. The number of sulfonamides is 1. The molecule has 2 saturated heterocycles. The predicted octanol–water partition coefficient (Wildman–Crippen LogP) is 2.83. The third-order valence-electron chi connectivity index (χ3n) is 5.01. The molecule has 0 bridgehead atoms. The van der Waals surface area contributed by atoms with E-state index in [-0.39, 0.29) is 30.2 Å². The number of carbonyl (C=O) groups is 1. The van der Waals surface area contributed by atoms with Gasteiger partial charge in [-0.3, -0.25) is 4.79 Å². The molecule has 0 aromatic heterocycles. The molecule has 9 heteroatoms. The molecule has 0 spiro atoms. The Hall–Kier alpha value is -0.860. The lowest BCUT2D eigenvalue weighted by Gasteiger charge is -2.31. The fourth-order valence-corrected chi connectivity index (χ4v) is 5.42. The number of ether oxygens (including phenoxy) is 1. The lowest BCUT2D eigenvalue weighted by atomic mass is 9.99. The molecule has 1 amide bonds. The first-order valence-electron chi connectivity index (χ1n) is 9.16. The van der Waals surface area contributed by atoms with Crippen LogP contribution >= 0.6 is 23.2 Å². The quantitative estimate of drug-likeness (QED) is 0.746. The van der Waals surface area contributed by atoms with Crippen LogP contribution in [0, 0.1) is 5.92 Å². The van der Waals surface area contributed by atoms with Crippen LogP contribution in [0.5, 0.6) is 0 Å². The summed E-state index contributed by atoms with van der Waals surface area (Å²) in [5, 5.41) is 3.63. The first-order valence-corrected chi connectivity index (χ1v) is 11.5. The van der Waals surface area contributed by atoms with Gasteiger partial charge in [0.25, 0.3) is 0 Å². The maximum Gasteiger partial charge on any atom is 0.224 e. The molecule has 0 aliphatic carbocycles. The van der Waals surface area contributed by atoms with Crippen molar-refractivity contribution in [1.82, 2.24) is 9.62 Å². The monoisotopic (exact) mass is 434 g/mol. The van der Waals surface area contributed by atoms with E-state index in [1.807, 2.05) is 0 Å². The number of nitrogens with one attached hydrogen (secondary N) is 1. The molecule has 0 saturated carbocycles. The van der Waals surface area contributed by atoms with Gasteiger partial charge >= 0.3 is 0 Å². The van der Waals surface area contributed by atoms with Crippen LogP contribution in [0.2, 0.25) is 10.0 Å². The summed E-state index contributed by atoms with van der Waals surface area (Å²) in [6.07, 6.45) is 3.40. The van der Waals surface area contributed by atoms with Gasteiger partial charge in [-0.05, 0) is 43.4 Å². The van der Waals surface area contributed by atoms with Gasteiger partial charge in [0.2, 0.25) is 15.9 Å². The van der Waals surface area contributed by atoms with Crippen LogP contribution in [0.3, 0.4) is 0 Å². The van der Waals surface area contributed by atoms with Crippen LogP contribution in [0.1, 0.15) is 31.2 Å².